The van der Waals surface area contributed by atoms with Crippen LogP contribution in [0.15, 0.2) is 18.2 Å². The summed E-state index contributed by atoms with van der Waals surface area (Å²) in [6.07, 6.45) is 0.345. The largest absolute Gasteiger partial charge is 0.452 e. The predicted molar refractivity (Wildman–Crippen MR) is 102 cm³/mol. The van der Waals surface area contributed by atoms with Gasteiger partial charge in [-0.25, -0.2) is 13.2 Å². The number of nitro groups is 1. The fourth-order valence-corrected chi connectivity index (χ4v) is 4.86. The van der Waals surface area contributed by atoms with Crippen LogP contribution in [0.5, 0.6) is 0 Å². The van der Waals surface area contributed by atoms with E-state index < -0.39 is 45.0 Å². The van der Waals surface area contributed by atoms with Gasteiger partial charge in [0, 0.05) is 18.7 Å². The Morgan fingerprint density at radius 2 is 2.07 bits per heavy atom. The zero-order chi connectivity index (χ0) is 21.1. The average molecular weight is 433 g/mol. The molecule has 1 unspecified atom stereocenters. The van der Waals surface area contributed by atoms with Gasteiger partial charge in [-0.2, -0.15) is 0 Å². The van der Waals surface area contributed by atoms with Crippen LogP contribution in [0, 0.1) is 16.0 Å². The highest BCUT2D eigenvalue weighted by Crippen LogP contribution is 2.25. The quantitative estimate of drug-likeness (QED) is 0.367. The molecule has 1 aliphatic rings. The molecular weight excluding hydrogens is 412 g/mol. The van der Waals surface area contributed by atoms with Crippen molar-refractivity contribution in [3.8, 4) is 0 Å². The highest BCUT2D eigenvalue weighted by atomic mass is 35.5. The van der Waals surface area contributed by atoms with E-state index >= 15 is 0 Å². The fourth-order valence-electron chi connectivity index (χ4n) is 2.94. The molecule has 0 bridgehead atoms. The SMILES string of the molecule is CC(C)CN(C(=O)COC(=O)c1ccc(Cl)c([N+](=O)[O-])c1)C1CCS(=O)(=O)C1. The van der Waals surface area contributed by atoms with Gasteiger partial charge < -0.3 is 9.64 Å². The van der Waals surface area contributed by atoms with Crippen molar-refractivity contribution in [1.82, 2.24) is 4.90 Å². The molecular formula is C17H21ClN2O7S. The number of nitro benzene ring substituents is 1. The van der Waals surface area contributed by atoms with E-state index in [-0.39, 0.29) is 28.0 Å². The minimum Gasteiger partial charge on any atom is -0.452 e. The lowest BCUT2D eigenvalue weighted by molar-refractivity contribution is -0.384. The lowest BCUT2D eigenvalue weighted by Gasteiger charge is -2.29. The Morgan fingerprint density at radius 1 is 1.39 bits per heavy atom. The van der Waals surface area contributed by atoms with Gasteiger partial charge in [0.25, 0.3) is 11.6 Å². The molecule has 11 heteroatoms. The topological polar surface area (TPSA) is 124 Å². The first kappa shape index (κ1) is 22.1. The highest BCUT2D eigenvalue weighted by Gasteiger charge is 2.35. The second-order valence-corrected chi connectivity index (χ2v) is 9.63. The molecule has 9 nitrogen and oxygen atoms in total. The van der Waals surface area contributed by atoms with E-state index in [1.165, 1.54) is 17.0 Å². The molecule has 0 aromatic heterocycles. The molecule has 1 saturated heterocycles. The number of nitrogens with zero attached hydrogens (tertiary/aromatic N) is 2. The van der Waals surface area contributed by atoms with Gasteiger partial charge in [0.15, 0.2) is 16.4 Å². The number of rotatable bonds is 7. The summed E-state index contributed by atoms with van der Waals surface area (Å²) in [5.74, 6) is -1.40. The summed E-state index contributed by atoms with van der Waals surface area (Å²) in [6, 6.07) is 2.99. The Morgan fingerprint density at radius 3 is 2.61 bits per heavy atom. The molecule has 0 aliphatic carbocycles. The first-order valence-electron chi connectivity index (χ1n) is 8.61. The Bertz CT molecular complexity index is 885. The van der Waals surface area contributed by atoms with Gasteiger partial charge in [-0.1, -0.05) is 25.4 Å². The first-order valence-corrected chi connectivity index (χ1v) is 10.8. The predicted octanol–water partition coefficient (Wildman–Crippen LogP) is 2.08. The molecule has 1 aromatic carbocycles. The van der Waals surface area contributed by atoms with E-state index in [0.29, 0.717) is 13.0 Å². The van der Waals surface area contributed by atoms with Crippen molar-refractivity contribution in [3.05, 3.63) is 38.9 Å². The highest BCUT2D eigenvalue weighted by molar-refractivity contribution is 7.91. The second-order valence-electron chi connectivity index (χ2n) is 7.00. The second kappa shape index (κ2) is 8.87. The van der Waals surface area contributed by atoms with E-state index in [9.17, 15) is 28.1 Å². The van der Waals surface area contributed by atoms with Crippen molar-refractivity contribution < 1.29 is 27.7 Å². The standard InChI is InChI=1S/C17H21ClN2O7S/c1-11(2)8-19(13-5-6-28(25,26)10-13)16(21)9-27-17(22)12-3-4-14(18)15(7-12)20(23)24/h3-4,7,11,13H,5-6,8-10H2,1-2H3. The monoisotopic (exact) mass is 432 g/mol. The van der Waals surface area contributed by atoms with Crippen molar-refractivity contribution in [1.29, 1.82) is 0 Å². The maximum atomic E-state index is 12.6. The number of halogens is 1. The molecule has 0 radical (unpaired) electrons. The normalized spacial score (nSPS) is 18.1. The van der Waals surface area contributed by atoms with Gasteiger partial charge >= 0.3 is 5.97 Å². The smallest absolute Gasteiger partial charge is 0.338 e. The third-order valence-electron chi connectivity index (χ3n) is 4.24. The van der Waals surface area contributed by atoms with Crippen LogP contribution in [0.4, 0.5) is 5.69 Å². The molecule has 28 heavy (non-hydrogen) atoms. The van der Waals surface area contributed by atoms with Crippen LogP contribution in [0.3, 0.4) is 0 Å². The van der Waals surface area contributed by atoms with Crippen LogP contribution in [0.1, 0.15) is 30.6 Å². The van der Waals surface area contributed by atoms with E-state index in [1.54, 1.807) is 0 Å². The summed E-state index contributed by atoms with van der Waals surface area (Å²) in [5, 5.41) is 10.8. The van der Waals surface area contributed by atoms with Crippen LogP contribution >= 0.6 is 11.6 Å². The van der Waals surface area contributed by atoms with Crippen molar-refractivity contribution >= 4 is 39.0 Å². The van der Waals surface area contributed by atoms with E-state index in [4.69, 9.17) is 16.3 Å². The third-order valence-corrected chi connectivity index (χ3v) is 6.31. The summed E-state index contributed by atoms with van der Waals surface area (Å²) < 4.78 is 28.5. The number of carbonyl (C=O) groups is 2. The molecule has 0 saturated carbocycles. The van der Waals surface area contributed by atoms with E-state index in [2.05, 4.69) is 0 Å². The molecule has 1 fully saturated rings. The van der Waals surface area contributed by atoms with Gasteiger partial charge in [0.2, 0.25) is 0 Å². The van der Waals surface area contributed by atoms with Crippen LogP contribution in [-0.4, -0.2) is 60.8 Å². The van der Waals surface area contributed by atoms with Crippen molar-refractivity contribution in [2.24, 2.45) is 5.92 Å². The van der Waals surface area contributed by atoms with E-state index in [0.717, 1.165) is 6.07 Å². The maximum Gasteiger partial charge on any atom is 0.338 e. The lowest BCUT2D eigenvalue weighted by atomic mass is 10.1. The zero-order valence-electron chi connectivity index (χ0n) is 15.5. The van der Waals surface area contributed by atoms with Crippen molar-refractivity contribution in [2.45, 2.75) is 26.3 Å². The third kappa shape index (κ3) is 5.65. The minimum absolute atomic E-state index is 0.0216. The van der Waals surface area contributed by atoms with Crippen LogP contribution in [-0.2, 0) is 19.4 Å². The summed E-state index contributed by atoms with van der Waals surface area (Å²) in [5.41, 5.74) is -0.553. The molecule has 1 amide bonds. The number of benzene rings is 1. The van der Waals surface area contributed by atoms with Crippen LogP contribution in [0.2, 0.25) is 5.02 Å². The van der Waals surface area contributed by atoms with E-state index in [1.807, 2.05) is 13.8 Å². The number of sulfone groups is 1. The maximum absolute atomic E-state index is 12.6. The number of ether oxygens (including phenoxy) is 1. The number of esters is 1. The Labute approximate surface area is 167 Å². The molecule has 154 valence electrons. The minimum atomic E-state index is -3.18. The van der Waals surface area contributed by atoms with Crippen LogP contribution in [0.25, 0.3) is 0 Å². The summed E-state index contributed by atoms with van der Waals surface area (Å²) >= 11 is 5.71. The van der Waals surface area contributed by atoms with Gasteiger partial charge in [-0.15, -0.1) is 0 Å². The van der Waals surface area contributed by atoms with Crippen LogP contribution < -0.4 is 0 Å². The molecule has 2 rings (SSSR count). The molecule has 1 atom stereocenters. The summed E-state index contributed by atoms with van der Waals surface area (Å²) in [4.78, 5) is 36.3. The Kier molecular flexibility index (Phi) is 7.00. The Hall–Kier alpha value is -2.20. The van der Waals surface area contributed by atoms with Gasteiger partial charge in [-0.05, 0) is 24.5 Å². The van der Waals surface area contributed by atoms with Gasteiger partial charge in [0.1, 0.15) is 5.02 Å². The molecule has 1 aromatic rings. The lowest BCUT2D eigenvalue weighted by Crippen LogP contribution is -2.45. The van der Waals surface area contributed by atoms with Crippen molar-refractivity contribution in [2.75, 3.05) is 24.7 Å². The van der Waals surface area contributed by atoms with Gasteiger partial charge in [-0.3, -0.25) is 14.9 Å². The summed E-state index contributed by atoms with van der Waals surface area (Å²) in [6.45, 7) is 3.53. The van der Waals surface area contributed by atoms with Gasteiger partial charge in [0.05, 0.1) is 22.0 Å². The van der Waals surface area contributed by atoms with Crippen molar-refractivity contribution in [3.63, 3.8) is 0 Å². The molecule has 0 N–H and O–H groups in total. The number of hydrogen-bond acceptors (Lipinski definition) is 7. The number of hydrogen-bond donors (Lipinski definition) is 0. The molecule has 0 spiro atoms. The molecule has 1 heterocycles. The summed E-state index contributed by atoms with van der Waals surface area (Å²) in [7, 11) is -3.18. The first-order chi connectivity index (χ1) is 13.0. The fraction of sp³-hybridized carbons (Fsp3) is 0.529. The zero-order valence-corrected chi connectivity index (χ0v) is 17.0. The Balaban J connectivity index is 2.06. The average Bonchev–Trinajstić information content (AvgIpc) is 2.96. The number of carbonyl (C=O) groups excluding carboxylic acids is 2. The molecule has 1 aliphatic heterocycles. The number of amides is 1.